The monoisotopic (exact) mass is 2100 g/mol. The minimum atomic E-state index is -1.59. The number of nitrogens with one attached hydrogen (secondary N) is 9. The number of anilines is 8. The number of hydrogen-bond acceptors (Lipinski definition) is 21. The van der Waals surface area contributed by atoms with Crippen molar-refractivity contribution in [3.8, 4) is 0 Å². The molecule has 4 aliphatic rings. The van der Waals surface area contributed by atoms with Crippen LogP contribution in [0.4, 0.5) is 65.2 Å². The molecule has 8 heterocycles. The number of nitrogens with zero attached hydrogens (tertiary/aromatic N) is 7. The molecule has 0 saturated carbocycles. The summed E-state index contributed by atoms with van der Waals surface area (Å²) in [6.07, 6.45) is 10.1. The fourth-order valence-electron chi connectivity index (χ4n) is 15.4. The van der Waals surface area contributed by atoms with Gasteiger partial charge in [-0.15, -0.1) is 0 Å². The normalized spacial score (nSPS) is 17.9. The molecule has 41 heteroatoms. The van der Waals surface area contributed by atoms with Crippen LogP contribution < -0.4 is 47.9 Å². The molecule has 4 saturated heterocycles. The number of likely N-dealkylation sites (tertiary alicyclic amines) is 3. The third-order valence-corrected chi connectivity index (χ3v) is 23.3. The Balaban J connectivity index is 0.000000222. The molecule has 8 aromatic rings. The van der Waals surface area contributed by atoms with Crippen molar-refractivity contribution in [3.63, 3.8) is 0 Å². The molecule has 0 aliphatic carbocycles. The summed E-state index contributed by atoms with van der Waals surface area (Å²) in [5, 5.41) is 36.5. The summed E-state index contributed by atoms with van der Waals surface area (Å²) in [7, 11) is 0. The molecule has 11 amide bonds. The second kappa shape index (κ2) is 51.0. The number of aromatic nitrogens is 4. The molecule has 4 fully saturated rings. The topological polar surface area (TPSA) is 432 Å². The number of hydrogen-bond donors (Lipinski definition) is 10. The summed E-state index contributed by atoms with van der Waals surface area (Å²) in [6.45, 7) is 38.7. The fourth-order valence-corrected chi connectivity index (χ4v) is 17.5. The first-order valence-electron chi connectivity index (χ1n) is 45.5. The molecule has 4 aliphatic heterocycles. The van der Waals surface area contributed by atoms with Crippen molar-refractivity contribution in [1.82, 2.24) is 40.0 Å². The number of rotatable bonds is 12. The lowest BCUT2D eigenvalue weighted by molar-refractivity contribution is -0.147. The van der Waals surface area contributed by atoms with Crippen molar-refractivity contribution in [2.45, 2.75) is 236 Å². The Labute approximate surface area is 861 Å². The molecule has 33 nitrogen and oxygen atoms in total. The van der Waals surface area contributed by atoms with Crippen LogP contribution in [0, 0.1) is 51.4 Å². The minimum absolute atomic E-state index is 0.217. The standard InChI is InChI=1S/3C25H30Cl2N4O4.C13H17N3O5.C12H15Cl2N/c3*1-14-6-7-20(16-9-17(26)11-18(27)10-16)31(13-14)23(33)22(32)29-19-8-15(2)21(28-12-19)30-24(34)35-25(3,4)5;1-7-5-8(15-10(17)11(18)19)6-14-9(7)16-12(20)21-13(2,3)4;1-8-2-3-12(15-7-8)9-4-10(13)6-11(14)5-9/h3*8-12,14,20H,6-7,13H2,1-5H3,(H,29,32)(H,28,30,34);5-6H,1-4H3,(H,15,17)(H,18,19)(H,14,16,20);4-6,8,12,15H,2-3,7H2,1H3/t3*14-,20+;;8-,12+/m110.1/s1. The number of halogens is 8. The highest BCUT2D eigenvalue weighted by Gasteiger charge is 2.39. The van der Waals surface area contributed by atoms with Gasteiger partial charge in [0.1, 0.15) is 45.7 Å². The number of pyridine rings is 4. The molecular formula is C100H122Cl8N16O17. The molecule has 0 unspecified atom stereocenters. The predicted octanol–water partition coefficient (Wildman–Crippen LogP) is 23.8. The van der Waals surface area contributed by atoms with E-state index in [9.17, 15) is 57.5 Å². The maximum atomic E-state index is 13.2. The van der Waals surface area contributed by atoms with E-state index in [0.29, 0.717) is 132 Å². The maximum absolute atomic E-state index is 13.2. The number of carbonyl (C=O) groups excluding carboxylic acids is 11. The molecule has 0 radical (unpaired) electrons. The zero-order valence-corrected chi connectivity index (χ0v) is 88.3. The predicted molar refractivity (Wildman–Crippen MR) is 551 cm³/mol. The smallest absolute Gasteiger partial charge is 0.413 e. The van der Waals surface area contributed by atoms with Crippen LogP contribution in [-0.4, -0.2) is 160 Å². The second-order valence-electron chi connectivity index (χ2n) is 39.1. The van der Waals surface area contributed by atoms with Crippen LogP contribution in [0.5, 0.6) is 0 Å². The van der Waals surface area contributed by atoms with E-state index >= 15 is 0 Å². The summed E-state index contributed by atoms with van der Waals surface area (Å²) in [5.74, 6) is -4.34. The molecule has 4 aromatic heterocycles. The van der Waals surface area contributed by atoms with E-state index < -0.39 is 94.1 Å². The van der Waals surface area contributed by atoms with E-state index in [0.717, 1.165) is 64.9 Å². The van der Waals surface area contributed by atoms with Crippen molar-refractivity contribution in [2.24, 2.45) is 23.7 Å². The molecular weight excluding hydrogens is 1980 g/mol. The highest BCUT2D eigenvalue weighted by molar-refractivity contribution is 6.42. The van der Waals surface area contributed by atoms with Gasteiger partial charge in [-0.1, -0.05) is 121 Å². The van der Waals surface area contributed by atoms with Gasteiger partial charge in [-0.2, -0.15) is 0 Å². The first kappa shape index (κ1) is 115. The largest absolute Gasteiger partial charge is 0.474 e. The molecule has 0 spiro atoms. The van der Waals surface area contributed by atoms with Gasteiger partial charge in [0.05, 0.1) is 65.7 Å². The van der Waals surface area contributed by atoms with E-state index in [-0.39, 0.29) is 47.4 Å². The van der Waals surface area contributed by atoms with Gasteiger partial charge in [0.25, 0.3) is 0 Å². The van der Waals surface area contributed by atoms with Crippen molar-refractivity contribution in [2.75, 3.05) is 68.7 Å². The average molecular weight is 2100 g/mol. The SMILES string of the molecule is C[C@@H]1CC[C@@H](c2cc(Cl)cc(Cl)c2)NC1.Cc1cc(NC(=O)C(=O)N2C[C@@H](C)CC[C@@H]2c2cc(Cl)cc(Cl)c2)cnc1NC(=O)OC(C)(C)C.Cc1cc(NC(=O)C(=O)N2C[C@H](C)CC[C@H]2c2cc(Cl)cc(Cl)c2)cnc1NC(=O)OC(C)(C)C.Cc1cc(NC(=O)C(=O)N2C[C@H](C)CC[C@H]2c2cc(Cl)cc(Cl)c2)cnc1NC(=O)OC(C)(C)C.Cc1cc(NC(=O)C(=O)O)cnc1NC(=O)OC(C)(C)C. The number of aryl methyl sites for hydroxylation is 4. The summed E-state index contributed by atoms with van der Waals surface area (Å²) >= 11 is 49.0. The van der Waals surface area contributed by atoms with E-state index in [1.807, 2.05) is 32.9 Å². The molecule has 760 valence electrons. The second-order valence-corrected chi connectivity index (χ2v) is 42.6. The number of ether oxygens (including phenoxy) is 4. The van der Waals surface area contributed by atoms with Crippen LogP contribution in [-0.2, 0) is 57.3 Å². The van der Waals surface area contributed by atoms with Gasteiger partial charge in [0, 0.05) is 65.9 Å². The van der Waals surface area contributed by atoms with Gasteiger partial charge in [-0.3, -0.25) is 54.8 Å². The Bertz CT molecular complexity index is 5400. The Morgan fingerprint density at radius 2 is 0.532 bits per heavy atom. The zero-order valence-electron chi connectivity index (χ0n) is 82.3. The number of carboxylic acids is 1. The lowest BCUT2D eigenvalue weighted by Crippen LogP contribution is -2.46. The van der Waals surface area contributed by atoms with Gasteiger partial charge in [-0.25, -0.2) is 43.9 Å². The Morgan fingerprint density at radius 1 is 0.312 bits per heavy atom. The van der Waals surface area contributed by atoms with Crippen molar-refractivity contribution in [1.29, 1.82) is 0 Å². The van der Waals surface area contributed by atoms with Gasteiger partial charge >= 0.3 is 71.7 Å². The molecule has 10 N–H and O–H groups in total. The third-order valence-electron chi connectivity index (χ3n) is 21.6. The first-order chi connectivity index (χ1) is 65.7. The van der Waals surface area contributed by atoms with Crippen LogP contribution in [0.2, 0.25) is 40.2 Å². The molecule has 4 aromatic carbocycles. The molecule has 8 atom stereocenters. The quantitative estimate of drug-likeness (QED) is 0.0401. The summed E-state index contributed by atoms with van der Waals surface area (Å²) in [5.41, 5.74) is 4.59. The maximum Gasteiger partial charge on any atom is 0.413 e. The first-order valence-corrected chi connectivity index (χ1v) is 48.6. The average Bonchev–Trinajstić information content (AvgIpc) is 0.802. The summed E-state index contributed by atoms with van der Waals surface area (Å²) < 4.78 is 20.8. The minimum Gasteiger partial charge on any atom is -0.474 e. The van der Waals surface area contributed by atoms with Gasteiger partial charge < -0.3 is 65.3 Å². The van der Waals surface area contributed by atoms with Gasteiger partial charge in [0.15, 0.2) is 0 Å². The number of carboxylic acid groups (broad SMARTS) is 1. The molecule has 12 rings (SSSR count). The highest BCUT2D eigenvalue weighted by atomic mass is 35.5. The lowest BCUT2D eigenvalue weighted by Gasteiger charge is -2.38. The van der Waals surface area contributed by atoms with Gasteiger partial charge in [-0.05, 0) is 334 Å². The van der Waals surface area contributed by atoms with E-state index in [1.54, 1.807) is 204 Å². The fraction of sp³-hybridized carbons (Fsp3) is 0.440. The van der Waals surface area contributed by atoms with Crippen LogP contribution in [0.1, 0.15) is 231 Å². The Kier molecular flexibility index (Phi) is 41.6. The lowest BCUT2D eigenvalue weighted by atomic mass is 9.90. The third kappa shape index (κ3) is 37.8. The molecule has 141 heavy (non-hydrogen) atoms. The number of carbonyl (C=O) groups is 12. The summed E-state index contributed by atoms with van der Waals surface area (Å²) in [4.78, 5) is 169. The van der Waals surface area contributed by atoms with Crippen molar-refractivity contribution in [3.05, 3.63) is 207 Å². The Morgan fingerprint density at radius 3 is 0.738 bits per heavy atom. The van der Waals surface area contributed by atoms with Crippen LogP contribution in [0.15, 0.2) is 122 Å². The Hall–Kier alpha value is -11.4. The van der Waals surface area contributed by atoms with E-state index in [2.05, 4.69) is 74.7 Å². The summed E-state index contributed by atoms with van der Waals surface area (Å²) in [6, 6.07) is 27.2. The van der Waals surface area contributed by atoms with Crippen LogP contribution >= 0.6 is 92.8 Å². The zero-order chi connectivity index (χ0) is 105. The number of aliphatic carboxylic acids is 1. The van der Waals surface area contributed by atoms with E-state index in [4.69, 9.17) is 117 Å². The van der Waals surface area contributed by atoms with E-state index in [1.165, 1.54) is 42.8 Å². The van der Waals surface area contributed by atoms with Crippen LogP contribution in [0.3, 0.4) is 0 Å². The van der Waals surface area contributed by atoms with Crippen LogP contribution in [0.25, 0.3) is 0 Å². The number of benzene rings is 4. The molecule has 0 bridgehead atoms. The number of piperidine rings is 4. The van der Waals surface area contributed by atoms with Crippen molar-refractivity contribution < 1.29 is 81.6 Å². The van der Waals surface area contributed by atoms with Crippen molar-refractivity contribution >= 4 is 211 Å². The van der Waals surface area contributed by atoms with Gasteiger partial charge in [0.2, 0.25) is 0 Å². The highest BCUT2D eigenvalue weighted by Crippen LogP contribution is 2.41. The number of amides is 11.